The summed E-state index contributed by atoms with van der Waals surface area (Å²) in [5, 5.41) is 15.3. The van der Waals surface area contributed by atoms with E-state index in [1.807, 2.05) is 13.8 Å². The normalized spacial score (nSPS) is 13.6. The zero-order valence-corrected chi connectivity index (χ0v) is 24.4. The molecule has 0 aliphatic rings. The maximum atomic E-state index is 14.0. The van der Waals surface area contributed by atoms with Gasteiger partial charge in [0.1, 0.15) is 23.4 Å². The number of primary amides is 1. The highest BCUT2D eigenvalue weighted by Crippen LogP contribution is 2.26. The van der Waals surface area contributed by atoms with Crippen molar-refractivity contribution in [1.29, 1.82) is 0 Å². The Morgan fingerprint density at radius 1 is 0.974 bits per heavy atom. The summed E-state index contributed by atoms with van der Waals surface area (Å²) >= 11 is 0. The van der Waals surface area contributed by atoms with Crippen LogP contribution in [0.25, 0.3) is 0 Å². The van der Waals surface area contributed by atoms with Gasteiger partial charge in [0, 0.05) is 12.6 Å². The van der Waals surface area contributed by atoms with Crippen molar-refractivity contribution in [1.82, 2.24) is 15.5 Å². The predicted octanol–water partition coefficient (Wildman–Crippen LogP) is 4.31. The van der Waals surface area contributed by atoms with Crippen LogP contribution in [0.2, 0.25) is 0 Å². The van der Waals surface area contributed by atoms with Crippen LogP contribution >= 0.6 is 0 Å². The second-order valence-electron chi connectivity index (χ2n) is 11.0. The van der Waals surface area contributed by atoms with E-state index in [1.165, 1.54) is 17.0 Å². The van der Waals surface area contributed by atoms with Crippen LogP contribution < -0.4 is 16.4 Å². The molecule has 0 heterocycles. The summed E-state index contributed by atoms with van der Waals surface area (Å²) in [6.45, 7) is 11.3. The first-order chi connectivity index (χ1) is 18.3. The summed E-state index contributed by atoms with van der Waals surface area (Å²) in [4.78, 5) is 53.6. The fraction of sp³-hybridized carbons (Fsp3) is 0.655. The third-order valence-electron chi connectivity index (χ3n) is 6.06. The van der Waals surface area contributed by atoms with E-state index in [1.54, 1.807) is 32.9 Å². The Labute approximate surface area is 233 Å². The van der Waals surface area contributed by atoms with Crippen molar-refractivity contribution in [2.45, 2.75) is 117 Å². The zero-order valence-electron chi connectivity index (χ0n) is 24.4. The summed E-state index contributed by atoms with van der Waals surface area (Å²) in [5.74, 6) is -1.77. The van der Waals surface area contributed by atoms with Gasteiger partial charge < -0.3 is 31.1 Å². The maximum absolute atomic E-state index is 14.0. The van der Waals surface area contributed by atoms with Gasteiger partial charge in [-0.25, -0.2) is 4.79 Å². The number of hydrogen-bond acceptors (Lipinski definition) is 6. The average Bonchev–Trinajstić information content (AvgIpc) is 2.82. The molecule has 10 nitrogen and oxygen atoms in total. The number of ether oxygens (including phenoxy) is 1. The van der Waals surface area contributed by atoms with Crippen LogP contribution in [-0.4, -0.2) is 58.1 Å². The number of nitrogens with zero attached hydrogens (tertiary/aromatic N) is 1. The molecule has 4 amide bonds. The van der Waals surface area contributed by atoms with Crippen LogP contribution in [0.4, 0.5) is 4.79 Å². The number of carbonyl (C=O) groups excluding carboxylic acids is 4. The van der Waals surface area contributed by atoms with Gasteiger partial charge in [-0.3, -0.25) is 14.4 Å². The van der Waals surface area contributed by atoms with E-state index in [4.69, 9.17) is 10.5 Å². The molecule has 10 heteroatoms. The number of amides is 4. The number of aromatic hydroxyl groups is 1. The van der Waals surface area contributed by atoms with E-state index in [0.29, 0.717) is 12.0 Å². The predicted molar refractivity (Wildman–Crippen MR) is 151 cm³/mol. The quantitative estimate of drug-likeness (QED) is 0.226. The average molecular weight is 549 g/mol. The number of benzene rings is 1. The summed E-state index contributed by atoms with van der Waals surface area (Å²) in [7, 11) is 0. The smallest absolute Gasteiger partial charge is 0.408 e. The first-order valence-electron chi connectivity index (χ1n) is 14.0. The van der Waals surface area contributed by atoms with Crippen molar-refractivity contribution in [3.8, 4) is 5.75 Å². The van der Waals surface area contributed by atoms with E-state index in [-0.39, 0.29) is 18.3 Å². The Morgan fingerprint density at radius 2 is 1.59 bits per heavy atom. The van der Waals surface area contributed by atoms with E-state index in [0.717, 1.165) is 38.5 Å². The molecule has 0 spiro atoms. The molecule has 0 radical (unpaired) electrons. The molecule has 3 atom stereocenters. The second-order valence-corrected chi connectivity index (χ2v) is 11.0. The van der Waals surface area contributed by atoms with Crippen molar-refractivity contribution in [3.63, 3.8) is 0 Å². The Balaban J connectivity index is 3.48. The van der Waals surface area contributed by atoms with Gasteiger partial charge in [-0.2, -0.15) is 0 Å². The third kappa shape index (κ3) is 12.9. The highest BCUT2D eigenvalue weighted by atomic mass is 16.6. The monoisotopic (exact) mass is 548 g/mol. The van der Waals surface area contributed by atoms with Crippen LogP contribution in [0.3, 0.4) is 0 Å². The SMILES string of the molecule is CCCCCCCN(C(=O)C(CC(N)=O)NC(=O)OC(C)(C)C)C(C(=O)NC(C)CCC)c1ccc(O)cc1. The highest BCUT2D eigenvalue weighted by Gasteiger charge is 2.37. The first kappa shape index (κ1) is 33.7. The van der Waals surface area contributed by atoms with Crippen LogP contribution in [0.5, 0.6) is 5.75 Å². The van der Waals surface area contributed by atoms with Gasteiger partial charge in [0.2, 0.25) is 17.7 Å². The van der Waals surface area contributed by atoms with E-state index >= 15 is 0 Å². The number of carbonyl (C=O) groups is 4. The van der Waals surface area contributed by atoms with Crippen molar-refractivity contribution in [2.24, 2.45) is 5.73 Å². The zero-order chi connectivity index (χ0) is 29.6. The van der Waals surface area contributed by atoms with Gasteiger partial charge in [-0.15, -0.1) is 0 Å². The number of unbranched alkanes of at least 4 members (excludes halogenated alkanes) is 4. The number of phenols is 1. The molecule has 0 aromatic heterocycles. The third-order valence-corrected chi connectivity index (χ3v) is 6.06. The maximum Gasteiger partial charge on any atom is 0.408 e. The van der Waals surface area contributed by atoms with Crippen molar-refractivity contribution in [2.75, 3.05) is 6.54 Å². The van der Waals surface area contributed by atoms with Gasteiger partial charge in [-0.05, 0) is 58.2 Å². The van der Waals surface area contributed by atoms with Gasteiger partial charge in [0.05, 0.1) is 6.42 Å². The molecule has 0 saturated heterocycles. The molecule has 0 fully saturated rings. The molecule has 1 aromatic rings. The Bertz CT molecular complexity index is 929. The first-order valence-corrected chi connectivity index (χ1v) is 14.0. The molecule has 0 aliphatic carbocycles. The van der Waals surface area contributed by atoms with E-state index < -0.39 is 47.9 Å². The van der Waals surface area contributed by atoms with Crippen LogP contribution in [0.15, 0.2) is 24.3 Å². The van der Waals surface area contributed by atoms with Gasteiger partial charge in [0.15, 0.2) is 0 Å². The van der Waals surface area contributed by atoms with Gasteiger partial charge >= 0.3 is 6.09 Å². The molecule has 39 heavy (non-hydrogen) atoms. The largest absolute Gasteiger partial charge is 0.508 e. The van der Waals surface area contributed by atoms with Gasteiger partial charge in [-0.1, -0.05) is 58.1 Å². The lowest BCUT2D eigenvalue weighted by Gasteiger charge is -2.35. The number of rotatable bonds is 16. The standard InChI is InChI=1S/C29H48N4O6/c1-7-9-10-11-12-18-33(27(37)23(19-24(30)35)32-28(38)39-29(4,5)6)25(21-14-16-22(34)17-15-21)26(36)31-20(3)13-8-2/h14-17,20,23,25,34H,7-13,18-19H2,1-6H3,(H2,30,35)(H,31,36)(H,32,38). The topological polar surface area (TPSA) is 151 Å². The van der Waals surface area contributed by atoms with E-state index in [9.17, 15) is 24.3 Å². The minimum atomic E-state index is -1.33. The Kier molecular flexibility index (Phi) is 14.4. The van der Waals surface area contributed by atoms with Crippen molar-refractivity contribution < 1.29 is 29.0 Å². The lowest BCUT2D eigenvalue weighted by atomic mass is 10.0. The summed E-state index contributed by atoms with van der Waals surface area (Å²) in [5.41, 5.74) is 5.11. The lowest BCUT2D eigenvalue weighted by molar-refractivity contribution is -0.143. The van der Waals surface area contributed by atoms with Gasteiger partial charge in [0.25, 0.3) is 0 Å². The number of alkyl carbamates (subject to hydrolysis) is 1. The summed E-state index contributed by atoms with van der Waals surface area (Å²) in [6.07, 6.45) is 4.83. The number of hydrogen-bond donors (Lipinski definition) is 4. The van der Waals surface area contributed by atoms with E-state index in [2.05, 4.69) is 17.6 Å². The van der Waals surface area contributed by atoms with Crippen LogP contribution in [0.1, 0.15) is 105 Å². The fourth-order valence-electron chi connectivity index (χ4n) is 4.26. The molecule has 1 aromatic carbocycles. The molecule has 1 rings (SSSR count). The number of nitrogens with one attached hydrogen (secondary N) is 2. The number of phenolic OH excluding ortho intramolecular Hbond substituents is 1. The molecule has 0 bridgehead atoms. The molecular weight excluding hydrogens is 500 g/mol. The van der Waals surface area contributed by atoms with Crippen molar-refractivity contribution in [3.05, 3.63) is 29.8 Å². The summed E-state index contributed by atoms with van der Waals surface area (Å²) in [6, 6.07) is 3.57. The molecule has 3 unspecified atom stereocenters. The Morgan fingerprint density at radius 3 is 2.13 bits per heavy atom. The lowest BCUT2D eigenvalue weighted by Crippen LogP contribution is -2.54. The van der Waals surface area contributed by atoms with Crippen LogP contribution in [-0.2, 0) is 19.1 Å². The minimum absolute atomic E-state index is 0.0212. The molecule has 220 valence electrons. The molecule has 0 aliphatic heterocycles. The molecule has 5 N–H and O–H groups in total. The fourth-order valence-corrected chi connectivity index (χ4v) is 4.26. The highest BCUT2D eigenvalue weighted by molar-refractivity contribution is 5.94. The molecule has 0 saturated carbocycles. The Hall–Kier alpha value is -3.30. The second kappa shape index (κ2) is 16.6. The van der Waals surface area contributed by atoms with Crippen molar-refractivity contribution >= 4 is 23.8 Å². The number of nitrogens with two attached hydrogens (primary N) is 1. The minimum Gasteiger partial charge on any atom is -0.508 e. The van der Waals surface area contributed by atoms with Crippen LogP contribution in [0, 0.1) is 0 Å². The molecular formula is C29H48N4O6. The summed E-state index contributed by atoms with van der Waals surface area (Å²) < 4.78 is 5.31.